The summed E-state index contributed by atoms with van der Waals surface area (Å²) in [6.07, 6.45) is 0. The van der Waals surface area contributed by atoms with Gasteiger partial charge in [0.2, 0.25) is 0 Å². The summed E-state index contributed by atoms with van der Waals surface area (Å²) in [5, 5.41) is 2.39. The Bertz CT molecular complexity index is 2090. The summed E-state index contributed by atoms with van der Waals surface area (Å²) in [4.78, 5) is 29.8. The van der Waals surface area contributed by atoms with Crippen LogP contribution in [0.25, 0.3) is 26.3 Å². The highest BCUT2D eigenvalue weighted by molar-refractivity contribution is 7.22. The molecule has 0 saturated carbocycles. The number of aromatic nitrogens is 2. The Hall–Kier alpha value is -4.77. The molecule has 236 valence electrons. The molecule has 0 radical (unpaired) electrons. The number of hydrogen-bond acceptors (Lipinski definition) is 5. The third-order valence-corrected chi connectivity index (χ3v) is 9.00. The van der Waals surface area contributed by atoms with Crippen LogP contribution < -0.4 is 38.4 Å². The first kappa shape index (κ1) is 32.6. The number of rotatable bonds is 10. The summed E-state index contributed by atoms with van der Waals surface area (Å²) < 4.78 is 43.1. The van der Waals surface area contributed by atoms with Gasteiger partial charge in [-0.1, -0.05) is 48.5 Å². The summed E-state index contributed by atoms with van der Waals surface area (Å²) in [6, 6.07) is 27.6. The molecule has 0 amide bonds. The predicted octanol–water partition coefficient (Wildman–Crippen LogP) is 2.49. The van der Waals surface area contributed by atoms with Crippen LogP contribution in [-0.4, -0.2) is 23.4 Å². The molecule has 7 nitrogen and oxygen atoms in total. The van der Waals surface area contributed by atoms with E-state index in [2.05, 4.69) is 5.32 Å². The minimum Gasteiger partial charge on any atom is -1.00 e. The van der Waals surface area contributed by atoms with E-state index in [4.69, 9.17) is 9.47 Å². The SMILES string of the molecule is COc1ccc(-c2sc3c(c2C[NH2+]Cc2ccccc2)c(=O)n(-c2ccccc2OC)c(=O)n3Cc2c(F)cccc2F)cc1.[Cl-]. The third-order valence-electron chi connectivity index (χ3n) is 7.70. The van der Waals surface area contributed by atoms with Gasteiger partial charge in [-0.15, -0.1) is 11.3 Å². The quantitative estimate of drug-likeness (QED) is 0.245. The van der Waals surface area contributed by atoms with Crippen molar-refractivity contribution in [3.63, 3.8) is 0 Å². The van der Waals surface area contributed by atoms with Crippen LogP contribution in [0.4, 0.5) is 8.78 Å². The molecule has 0 aliphatic heterocycles. The van der Waals surface area contributed by atoms with Gasteiger partial charge in [0, 0.05) is 21.6 Å². The standard InChI is InChI=1S/C35H29F2N3O4S.ClH/c1-43-24-17-15-23(16-18-24)32-25(20-38-19-22-9-4-3-5-10-22)31-33(41)40(29-13-6-7-14-30(29)44-2)35(42)39(34(31)45-32)21-26-27(36)11-8-12-28(26)37;/h3-18,38H,19-21H2,1-2H3;1H. The van der Waals surface area contributed by atoms with Crippen LogP contribution in [0, 0.1) is 11.6 Å². The molecule has 0 atom stereocenters. The molecule has 0 aliphatic carbocycles. The zero-order chi connectivity index (χ0) is 31.5. The number of ether oxygens (including phenoxy) is 2. The lowest BCUT2D eigenvalue weighted by molar-refractivity contribution is -0.686. The van der Waals surface area contributed by atoms with E-state index in [1.165, 1.54) is 29.1 Å². The number of para-hydroxylation sites is 2. The largest absolute Gasteiger partial charge is 1.00 e. The second kappa shape index (κ2) is 14.1. The van der Waals surface area contributed by atoms with Gasteiger partial charge in [0.25, 0.3) is 5.56 Å². The van der Waals surface area contributed by atoms with Crippen LogP contribution in [0.15, 0.2) is 107 Å². The fourth-order valence-electron chi connectivity index (χ4n) is 5.44. The average molecular weight is 662 g/mol. The van der Waals surface area contributed by atoms with Gasteiger partial charge in [-0.2, -0.15) is 0 Å². The molecule has 2 aromatic heterocycles. The van der Waals surface area contributed by atoms with Crippen molar-refractivity contribution in [1.29, 1.82) is 0 Å². The van der Waals surface area contributed by atoms with E-state index in [0.717, 1.165) is 32.7 Å². The Balaban J connectivity index is 0.00000417. The van der Waals surface area contributed by atoms with E-state index in [1.54, 1.807) is 31.4 Å². The van der Waals surface area contributed by atoms with Crippen molar-refractivity contribution in [2.45, 2.75) is 19.6 Å². The van der Waals surface area contributed by atoms with Gasteiger partial charge in [0.15, 0.2) is 0 Å². The van der Waals surface area contributed by atoms with Gasteiger partial charge in [0.1, 0.15) is 41.1 Å². The lowest BCUT2D eigenvalue weighted by Crippen LogP contribution is -3.00. The summed E-state index contributed by atoms with van der Waals surface area (Å²) in [5.74, 6) is -0.591. The lowest BCUT2D eigenvalue weighted by Gasteiger charge is -2.15. The average Bonchev–Trinajstić information content (AvgIpc) is 3.44. The Labute approximate surface area is 273 Å². The number of benzene rings is 4. The summed E-state index contributed by atoms with van der Waals surface area (Å²) in [5.41, 5.74) is 1.33. The van der Waals surface area contributed by atoms with E-state index >= 15 is 0 Å². The number of halogens is 3. The van der Waals surface area contributed by atoms with E-state index in [-0.39, 0.29) is 23.7 Å². The van der Waals surface area contributed by atoms with Crippen molar-refractivity contribution in [2.75, 3.05) is 14.2 Å². The molecule has 0 unspecified atom stereocenters. The highest BCUT2D eigenvalue weighted by atomic mass is 35.5. The Kier molecular flexibility index (Phi) is 10.0. The summed E-state index contributed by atoms with van der Waals surface area (Å²) in [7, 11) is 3.03. The molecule has 2 N–H and O–H groups in total. The first-order valence-electron chi connectivity index (χ1n) is 14.3. The molecule has 11 heteroatoms. The molecule has 0 aliphatic rings. The van der Waals surface area contributed by atoms with Crippen molar-refractivity contribution in [1.82, 2.24) is 9.13 Å². The molecular formula is C35H30ClF2N3O4S. The van der Waals surface area contributed by atoms with Crippen LogP contribution in [0.2, 0.25) is 0 Å². The number of nitrogens with zero attached hydrogens (tertiary/aromatic N) is 2. The van der Waals surface area contributed by atoms with E-state index < -0.39 is 29.4 Å². The number of methoxy groups -OCH3 is 2. The van der Waals surface area contributed by atoms with Gasteiger partial charge >= 0.3 is 5.69 Å². The minimum atomic E-state index is -0.784. The van der Waals surface area contributed by atoms with Gasteiger partial charge < -0.3 is 27.2 Å². The molecule has 0 bridgehead atoms. The molecule has 6 aromatic rings. The maximum absolute atomic E-state index is 15.0. The Morgan fingerprint density at radius 2 is 1.43 bits per heavy atom. The van der Waals surface area contributed by atoms with Crippen molar-refractivity contribution in [2.24, 2.45) is 0 Å². The van der Waals surface area contributed by atoms with Crippen LogP contribution in [0.1, 0.15) is 16.7 Å². The molecule has 0 fully saturated rings. The van der Waals surface area contributed by atoms with E-state index in [0.29, 0.717) is 40.4 Å². The molecule has 6 rings (SSSR count). The van der Waals surface area contributed by atoms with Crippen molar-refractivity contribution < 1.29 is 36.0 Å². The molecule has 2 heterocycles. The fourth-order valence-corrected chi connectivity index (χ4v) is 6.77. The maximum atomic E-state index is 15.0. The topological polar surface area (TPSA) is 79.1 Å². The minimum absolute atomic E-state index is 0. The second-order valence-electron chi connectivity index (χ2n) is 10.4. The molecular weight excluding hydrogens is 632 g/mol. The lowest BCUT2D eigenvalue weighted by atomic mass is 10.1. The van der Waals surface area contributed by atoms with E-state index in [1.807, 2.05) is 54.6 Å². The normalized spacial score (nSPS) is 11.0. The van der Waals surface area contributed by atoms with Crippen molar-refractivity contribution in [3.8, 4) is 27.6 Å². The first-order valence-corrected chi connectivity index (χ1v) is 15.1. The summed E-state index contributed by atoms with van der Waals surface area (Å²) >= 11 is 1.25. The highest BCUT2D eigenvalue weighted by Gasteiger charge is 2.26. The number of hydrogen-bond donors (Lipinski definition) is 1. The van der Waals surface area contributed by atoms with Gasteiger partial charge in [0.05, 0.1) is 31.8 Å². The van der Waals surface area contributed by atoms with Crippen LogP contribution in [0.3, 0.4) is 0 Å². The zero-order valence-corrected chi connectivity index (χ0v) is 26.6. The number of thiophene rings is 1. The summed E-state index contributed by atoms with van der Waals surface area (Å²) in [6.45, 7) is 0.643. The van der Waals surface area contributed by atoms with Gasteiger partial charge in [-0.3, -0.25) is 9.36 Å². The Morgan fingerprint density at radius 3 is 2.11 bits per heavy atom. The van der Waals surface area contributed by atoms with Crippen LogP contribution in [-0.2, 0) is 19.6 Å². The number of quaternary nitrogens is 1. The molecule has 46 heavy (non-hydrogen) atoms. The molecule has 4 aromatic carbocycles. The van der Waals surface area contributed by atoms with Gasteiger partial charge in [-0.25, -0.2) is 18.1 Å². The third kappa shape index (κ3) is 6.19. The van der Waals surface area contributed by atoms with Gasteiger partial charge in [-0.05, 0) is 54.1 Å². The number of nitrogens with two attached hydrogens (primary N) is 1. The second-order valence-corrected chi connectivity index (χ2v) is 11.4. The number of fused-ring (bicyclic) bond motifs is 1. The highest BCUT2D eigenvalue weighted by Crippen LogP contribution is 2.38. The predicted molar refractivity (Wildman–Crippen MR) is 171 cm³/mol. The zero-order valence-electron chi connectivity index (χ0n) is 25.0. The fraction of sp³-hybridized carbons (Fsp3) is 0.143. The van der Waals surface area contributed by atoms with Crippen molar-refractivity contribution in [3.05, 3.63) is 146 Å². The molecule has 0 saturated heterocycles. The van der Waals surface area contributed by atoms with Crippen LogP contribution in [0.5, 0.6) is 11.5 Å². The molecule has 0 spiro atoms. The van der Waals surface area contributed by atoms with E-state index in [9.17, 15) is 18.4 Å². The van der Waals surface area contributed by atoms with Crippen molar-refractivity contribution >= 4 is 21.6 Å². The Morgan fingerprint density at radius 1 is 0.761 bits per heavy atom. The monoisotopic (exact) mass is 661 g/mol. The maximum Gasteiger partial charge on any atom is 0.337 e. The van der Waals surface area contributed by atoms with Crippen LogP contribution >= 0.6 is 11.3 Å². The smallest absolute Gasteiger partial charge is 0.337 e. The first-order chi connectivity index (χ1) is 21.9.